The maximum Gasteiger partial charge on any atom is 0.131 e. The Morgan fingerprint density at radius 3 is 2.54 bits per heavy atom. The summed E-state index contributed by atoms with van der Waals surface area (Å²) in [6, 6.07) is 1.55. The molecule has 0 saturated heterocycles. The zero-order chi connectivity index (χ0) is 10.0. The molecule has 1 atom stereocenters. The van der Waals surface area contributed by atoms with Crippen molar-refractivity contribution in [2.24, 2.45) is 11.7 Å². The van der Waals surface area contributed by atoms with Gasteiger partial charge in [-0.05, 0) is 12.0 Å². The van der Waals surface area contributed by atoms with E-state index < -0.39 is 0 Å². The summed E-state index contributed by atoms with van der Waals surface area (Å²) in [5.74, 6) is 0.338. The van der Waals surface area contributed by atoms with Crippen LogP contribution in [-0.2, 0) is 0 Å². The molecule has 1 rings (SSSR count). The van der Waals surface area contributed by atoms with E-state index in [-0.39, 0.29) is 6.04 Å². The van der Waals surface area contributed by atoms with Gasteiger partial charge in [-0.2, -0.15) is 0 Å². The van der Waals surface area contributed by atoms with E-state index in [4.69, 9.17) is 23.1 Å². The number of hydrogen-bond donors (Lipinski definition) is 2. The molecule has 0 saturated carbocycles. The Labute approximate surface area is 83.1 Å². The first-order chi connectivity index (χ1) is 6.02. The molecule has 1 heterocycles. The third-order valence-electron chi connectivity index (χ3n) is 2.01. The summed E-state index contributed by atoms with van der Waals surface area (Å²) in [4.78, 5) is 3.95. The van der Waals surface area contributed by atoms with E-state index in [1.54, 1.807) is 12.3 Å². The molecule has 72 valence electrons. The minimum atomic E-state index is -0.0789. The lowest BCUT2D eigenvalue weighted by molar-refractivity contribution is 0.514. The zero-order valence-corrected chi connectivity index (χ0v) is 8.55. The van der Waals surface area contributed by atoms with Crippen molar-refractivity contribution in [1.29, 1.82) is 0 Å². The minimum absolute atomic E-state index is 0.0789. The monoisotopic (exact) mass is 199 g/mol. The van der Waals surface area contributed by atoms with Crippen LogP contribution in [0.3, 0.4) is 0 Å². The fourth-order valence-corrected chi connectivity index (χ4v) is 1.26. The van der Waals surface area contributed by atoms with Gasteiger partial charge in [-0.15, -0.1) is 0 Å². The summed E-state index contributed by atoms with van der Waals surface area (Å²) in [5, 5.41) is 0.400. The molecule has 0 aromatic carbocycles. The van der Waals surface area contributed by atoms with Gasteiger partial charge in [-0.25, -0.2) is 4.98 Å². The summed E-state index contributed by atoms with van der Waals surface area (Å²) >= 11 is 5.67. The topological polar surface area (TPSA) is 64.9 Å². The summed E-state index contributed by atoms with van der Waals surface area (Å²) in [7, 11) is 0. The van der Waals surface area contributed by atoms with E-state index in [1.165, 1.54) is 0 Å². The number of pyridine rings is 1. The van der Waals surface area contributed by atoms with E-state index in [1.807, 2.05) is 13.8 Å². The molecule has 0 aliphatic heterocycles. The van der Waals surface area contributed by atoms with Crippen LogP contribution < -0.4 is 11.5 Å². The molecule has 0 aliphatic rings. The van der Waals surface area contributed by atoms with Crippen LogP contribution in [0.1, 0.15) is 25.5 Å². The fraction of sp³-hybridized carbons (Fsp3) is 0.444. The number of nitrogens with zero attached hydrogens (tertiary/aromatic N) is 1. The highest BCUT2D eigenvalue weighted by Crippen LogP contribution is 2.25. The molecule has 4 N–H and O–H groups in total. The lowest BCUT2D eigenvalue weighted by atomic mass is 9.97. The zero-order valence-electron chi connectivity index (χ0n) is 7.79. The molecule has 4 heteroatoms. The maximum atomic E-state index is 5.93. The molecule has 1 aromatic rings. The van der Waals surface area contributed by atoms with Crippen molar-refractivity contribution in [3.8, 4) is 0 Å². The third-order valence-corrected chi connectivity index (χ3v) is 2.22. The highest BCUT2D eigenvalue weighted by molar-refractivity contribution is 6.29. The first kappa shape index (κ1) is 10.3. The van der Waals surface area contributed by atoms with Crippen LogP contribution in [0.2, 0.25) is 5.15 Å². The Bertz CT molecular complexity index is 299. The van der Waals surface area contributed by atoms with Crippen molar-refractivity contribution in [1.82, 2.24) is 4.98 Å². The molecule has 3 nitrogen and oxygen atoms in total. The number of nitrogens with two attached hydrogens (primary N) is 2. The van der Waals surface area contributed by atoms with E-state index in [2.05, 4.69) is 4.98 Å². The lowest BCUT2D eigenvalue weighted by Gasteiger charge is -2.17. The largest absolute Gasteiger partial charge is 0.398 e. The van der Waals surface area contributed by atoms with Gasteiger partial charge in [-0.3, -0.25) is 0 Å². The van der Waals surface area contributed by atoms with Crippen molar-refractivity contribution in [3.63, 3.8) is 0 Å². The van der Waals surface area contributed by atoms with Crippen molar-refractivity contribution < 1.29 is 0 Å². The predicted molar refractivity (Wildman–Crippen MR) is 55.4 cm³/mol. The van der Waals surface area contributed by atoms with Gasteiger partial charge in [-0.1, -0.05) is 25.4 Å². The molecule has 0 spiro atoms. The summed E-state index contributed by atoms with van der Waals surface area (Å²) in [6.07, 6.45) is 1.64. The van der Waals surface area contributed by atoms with Crippen LogP contribution in [0.15, 0.2) is 12.3 Å². The first-order valence-electron chi connectivity index (χ1n) is 4.19. The van der Waals surface area contributed by atoms with E-state index in [0.717, 1.165) is 5.56 Å². The average Bonchev–Trinajstić information content (AvgIpc) is 2.03. The highest BCUT2D eigenvalue weighted by Gasteiger charge is 2.13. The van der Waals surface area contributed by atoms with E-state index >= 15 is 0 Å². The molecule has 0 fully saturated rings. The van der Waals surface area contributed by atoms with Crippen LogP contribution in [-0.4, -0.2) is 4.98 Å². The Hall–Kier alpha value is -0.800. The van der Waals surface area contributed by atoms with Crippen LogP contribution in [0.4, 0.5) is 5.69 Å². The van der Waals surface area contributed by atoms with Crippen molar-refractivity contribution in [3.05, 3.63) is 23.0 Å². The van der Waals surface area contributed by atoms with E-state index in [0.29, 0.717) is 16.8 Å². The van der Waals surface area contributed by atoms with Crippen LogP contribution >= 0.6 is 11.6 Å². The molecule has 13 heavy (non-hydrogen) atoms. The van der Waals surface area contributed by atoms with Gasteiger partial charge in [0.05, 0.1) is 0 Å². The van der Waals surface area contributed by atoms with Crippen LogP contribution in [0.5, 0.6) is 0 Å². The lowest BCUT2D eigenvalue weighted by Crippen LogP contribution is -2.18. The van der Waals surface area contributed by atoms with Gasteiger partial charge in [0.1, 0.15) is 5.15 Å². The highest BCUT2D eigenvalue weighted by atomic mass is 35.5. The van der Waals surface area contributed by atoms with Gasteiger partial charge >= 0.3 is 0 Å². The molecule has 0 radical (unpaired) electrons. The maximum absolute atomic E-state index is 5.93. The number of nitrogen functional groups attached to an aromatic ring is 1. The second-order valence-electron chi connectivity index (χ2n) is 3.41. The SMILES string of the molecule is CC(C)C(N)c1cnc(Cl)cc1N. The number of halogens is 1. The standard InChI is InChI=1S/C9H14ClN3/c1-5(2)9(12)6-4-13-8(10)3-7(6)11/h3-5,9H,12H2,1-2H3,(H2,11,13). The third kappa shape index (κ3) is 2.32. The van der Waals surface area contributed by atoms with Crippen LogP contribution in [0.25, 0.3) is 0 Å². The molecular formula is C9H14ClN3. The van der Waals surface area contributed by atoms with Gasteiger partial charge in [0.2, 0.25) is 0 Å². The van der Waals surface area contributed by atoms with Crippen LogP contribution in [0, 0.1) is 5.92 Å². The minimum Gasteiger partial charge on any atom is -0.398 e. The molecule has 1 unspecified atom stereocenters. The Morgan fingerprint density at radius 1 is 1.46 bits per heavy atom. The fourth-order valence-electron chi connectivity index (χ4n) is 1.09. The number of anilines is 1. The number of rotatable bonds is 2. The van der Waals surface area contributed by atoms with Gasteiger partial charge in [0, 0.05) is 23.5 Å². The quantitative estimate of drug-likeness (QED) is 0.716. The first-order valence-corrected chi connectivity index (χ1v) is 4.56. The normalized spacial score (nSPS) is 13.3. The summed E-state index contributed by atoms with van der Waals surface area (Å²) in [6.45, 7) is 4.08. The molecular weight excluding hydrogens is 186 g/mol. The summed E-state index contributed by atoms with van der Waals surface area (Å²) in [5.41, 5.74) is 13.2. The average molecular weight is 200 g/mol. The van der Waals surface area contributed by atoms with Crippen molar-refractivity contribution in [2.45, 2.75) is 19.9 Å². The van der Waals surface area contributed by atoms with Gasteiger partial charge in [0.25, 0.3) is 0 Å². The molecule has 0 amide bonds. The predicted octanol–water partition coefficient (Wildman–Crippen LogP) is 1.97. The number of aromatic nitrogens is 1. The number of hydrogen-bond acceptors (Lipinski definition) is 3. The Balaban J connectivity index is 3.01. The van der Waals surface area contributed by atoms with Crippen molar-refractivity contribution in [2.75, 3.05) is 5.73 Å². The molecule has 0 aliphatic carbocycles. The molecule has 0 bridgehead atoms. The van der Waals surface area contributed by atoms with Crippen molar-refractivity contribution >= 4 is 17.3 Å². The Morgan fingerprint density at radius 2 is 2.08 bits per heavy atom. The summed E-state index contributed by atoms with van der Waals surface area (Å²) < 4.78 is 0. The molecule has 1 aromatic heterocycles. The second-order valence-corrected chi connectivity index (χ2v) is 3.79. The Kier molecular flexibility index (Phi) is 3.12. The smallest absolute Gasteiger partial charge is 0.131 e. The van der Waals surface area contributed by atoms with E-state index in [9.17, 15) is 0 Å². The second kappa shape index (κ2) is 3.94. The van der Waals surface area contributed by atoms with Gasteiger partial charge in [0.15, 0.2) is 0 Å². The van der Waals surface area contributed by atoms with Gasteiger partial charge < -0.3 is 11.5 Å².